The Labute approximate surface area is 159 Å². The first-order chi connectivity index (χ1) is 10.4. The lowest BCUT2D eigenvalue weighted by Crippen LogP contribution is -2.42. The molecule has 6 heteroatoms. The van der Waals surface area contributed by atoms with E-state index < -0.39 is 5.60 Å². The van der Waals surface area contributed by atoms with Gasteiger partial charge in [-0.2, -0.15) is 0 Å². The highest BCUT2D eigenvalue weighted by molar-refractivity contribution is 14.1. The zero-order valence-corrected chi connectivity index (χ0v) is 17.4. The normalized spacial score (nSPS) is 16.4. The van der Waals surface area contributed by atoms with Gasteiger partial charge in [-0.3, -0.25) is 0 Å². The molecule has 2 rings (SSSR count). The van der Waals surface area contributed by atoms with E-state index in [1.165, 1.54) is 0 Å². The summed E-state index contributed by atoms with van der Waals surface area (Å²) >= 11 is 4.33. The summed E-state index contributed by atoms with van der Waals surface area (Å²) in [6.45, 7) is 5.98. The number of methoxy groups -OCH3 is 1. The minimum atomic E-state index is -0.478. The highest BCUT2D eigenvalue weighted by Crippen LogP contribution is 2.34. The van der Waals surface area contributed by atoms with Crippen LogP contribution in [0, 0.1) is 13.1 Å². The Kier molecular flexibility index (Phi) is 6.35. The van der Waals surface area contributed by atoms with Gasteiger partial charge in [0.1, 0.15) is 16.9 Å². The summed E-state index contributed by atoms with van der Waals surface area (Å²) in [5, 5.41) is 3.34. The Morgan fingerprint density at radius 3 is 2.41 bits per heavy atom. The van der Waals surface area contributed by atoms with E-state index in [1.54, 1.807) is 7.11 Å². The smallest absolute Gasteiger partial charge is 0.343 e. The van der Waals surface area contributed by atoms with Gasteiger partial charge in [-0.1, -0.05) is 0 Å². The van der Waals surface area contributed by atoms with Crippen LogP contribution in [0.25, 0.3) is 0 Å². The van der Waals surface area contributed by atoms with Crippen molar-refractivity contribution in [2.45, 2.75) is 32.3 Å². The number of rotatable bonds is 4. The third kappa shape index (κ3) is 4.05. The second-order valence-electron chi connectivity index (χ2n) is 5.95. The molecule has 0 atom stereocenters. The first kappa shape index (κ1) is 18.3. The standard InChI is InChI=1S/C16H21I2NO3/c1-16(2,10-6-8-19-9-7-10)22-15(20)13-11(17)4-5-12(18)14(13)21-3/h4-5,10,19H,6-9H2,1-3H3. The second-order valence-corrected chi connectivity index (χ2v) is 8.28. The minimum absolute atomic E-state index is 0.303. The van der Waals surface area contributed by atoms with Crippen molar-refractivity contribution in [1.29, 1.82) is 0 Å². The van der Waals surface area contributed by atoms with E-state index in [-0.39, 0.29) is 5.97 Å². The van der Waals surface area contributed by atoms with E-state index in [0.29, 0.717) is 17.2 Å². The average Bonchev–Trinajstić information content (AvgIpc) is 2.49. The van der Waals surface area contributed by atoms with Crippen LogP contribution in [0.5, 0.6) is 5.75 Å². The number of nitrogens with one attached hydrogen (secondary N) is 1. The van der Waals surface area contributed by atoms with E-state index in [9.17, 15) is 4.79 Å². The van der Waals surface area contributed by atoms with Gasteiger partial charge in [0, 0.05) is 9.49 Å². The molecule has 122 valence electrons. The number of hydrogen-bond donors (Lipinski definition) is 1. The predicted molar refractivity (Wildman–Crippen MR) is 104 cm³/mol. The van der Waals surface area contributed by atoms with Crippen molar-refractivity contribution in [3.8, 4) is 5.75 Å². The third-order valence-corrected chi connectivity index (χ3v) is 5.89. The maximum atomic E-state index is 12.7. The summed E-state index contributed by atoms with van der Waals surface area (Å²) in [5.41, 5.74) is 0.0474. The van der Waals surface area contributed by atoms with Crippen LogP contribution in [0.1, 0.15) is 37.0 Å². The molecule has 1 aromatic rings. The summed E-state index contributed by atoms with van der Waals surface area (Å²) in [7, 11) is 1.59. The van der Waals surface area contributed by atoms with Crippen LogP contribution in [-0.4, -0.2) is 31.8 Å². The monoisotopic (exact) mass is 529 g/mol. The molecule has 1 heterocycles. The van der Waals surface area contributed by atoms with Gasteiger partial charge >= 0.3 is 5.97 Å². The van der Waals surface area contributed by atoms with Crippen LogP contribution < -0.4 is 10.1 Å². The van der Waals surface area contributed by atoms with E-state index >= 15 is 0 Å². The maximum absolute atomic E-state index is 12.7. The van der Waals surface area contributed by atoms with Crippen LogP contribution in [0.3, 0.4) is 0 Å². The number of hydrogen-bond acceptors (Lipinski definition) is 4. The third-order valence-electron chi connectivity index (χ3n) is 4.15. The highest BCUT2D eigenvalue weighted by atomic mass is 127. The quantitative estimate of drug-likeness (QED) is 0.476. The summed E-state index contributed by atoms with van der Waals surface area (Å²) in [4.78, 5) is 12.7. The van der Waals surface area contributed by atoms with Crippen LogP contribution in [0.4, 0.5) is 0 Å². The first-order valence-corrected chi connectivity index (χ1v) is 9.48. The van der Waals surface area contributed by atoms with E-state index in [2.05, 4.69) is 50.5 Å². The summed E-state index contributed by atoms with van der Waals surface area (Å²) in [6, 6.07) is 3.86. The molecule has 0 aromatic heterocycles. The van der Waals surface area contributed by atoms with Crippen molar-refractivity contribution in [1.82, 2.24) is 5.32 Å². The summed E-state index contributed by atoms with van der Waals surface area (Å²) < 4.78 is 13.1. The lowest BCUT2D eigenvalue weighted by Gasteiger charge is -2.36. The highest BCUT2D eigenvalue weighted by Gasteiger charge is 2.35. The molecule has 0 saturated carbocycles. The number of halogens is 2. The molecule has 0 radical (unpaired) electrons. The van der Waals surface area contributed by atoms with Gasteiger partial charge in [0.25, 0.3) is 0 Å². The Hall–Kier alpha value is -0.0900. The summed E-state index contributed by atoms with van der Waals surface area (Å²) in [5.74, 6) is 0.672. The zero-order chi connectivity index (χ0) is 16.3. The van der Waals surface area contributed by atoms with Crippen molar-refractivity contribution in [3.05, 3.63) is 24.8 Å². The number of benzene rings is 1. The topological polar surface area (TPSA) is 47.6 Å². The molecule has 1 aliphatic heterocycles. The van der Waals surface area contributed by atoms with Crippen molar-refractivity contribution < 1.29 is 14.3 Å². The number of piperidine rings is 1. The van der Waals surface area contributed by atoms with Crippen LogP contribution in [0.15, 0.2) is 12.1 Å². The lowest BCUT2D eigenvalue weighted by molar-refractivity contribution is -0.0371. The molecular formula is C16H21I2NO3. The molecule has 1 aliphatic rings. The number of carbonyl (C=O) groups excluding carboxylic acids is 1. The van der Waals surface area contributed by atoms with E-state index in [0.717, 1.165) is 33.1 Å². The van der Waals surface area contributed by atoms with Gasteiger partial charge < -0.3 is 14.8 Å². The minimum Gasteiger partial charge on any atom is -0.495 e. The first-order valence-electron chi connectivity index (χ1n) is 7.33. The largest absolute Gasteiger partial charge is 0.495 e. The number of esters is 1. The van der Waals surface area contributed by atoms with Crippen LogP contribution in [-0.2, 0) is 4.74 Å². The van der Waals surface area contributed by atoms with Crippen molar-refractivity contribution in [3.63, 3.8) is 0 Å². The van der Waals surface area contributed by atoms with Crippen LogP contribution >= 0.6 is 45.2 Å². The summed E-state index contributed by atoms with van der Waals surface area (Å²) in [6.07, 6.45) is 2.06. The fourth-order valence-electron chi connectivity index (χ4n) is 2.81. The van der Waals surface area contributed by atoms with Gasteiger partial charge in [0.15, 0.2) is 0 Å². The Balaban J connectivity index is 2.23. The average molecular weight is 529 g/mol. The fraction of sp³-hybridized carbons (Fsp3) is 0.562. The molecule has 0 unspecified atom stereocenters. The van der Waals surface area contributed by atoms with E-state index in [1.807, 2.05) is 26.0 Å². The Bertz CT molecular complexity index is 555. The molecule has 0 spiro atoms. The van der Waals surface area contributed by atoms with Gasteiger partial charge in [0.2, 0.25) is 0 Å². The molecule has 22 heavy (non-hydrogen) atoms. The second kappa shape index (κ2) is 7.65. The molecule has 1 aromatic carbocycles. The van der Waals surface area contributed by atoms with Gasteiger partial charge in [-0.15, -0.1) is 0 Å². The van der Waals surface area contributed by atoms with Gasteiger partial charge in [-0.05, 0) is 97.1 Å². The number of carbonyl (C=O) groups is 1. The molecule has 1 N–H and O–H groups in total. The molecule has 0 amide bonds. The van der Waals surface area contributed by atoms with Crippen molar-refractivity contribution in [2.75, 3.05) is 20.2 Å². The Morgan fingerprint density at radius 2 is 1.82 bits per heavy atom. The van der Waals surface area contributed by atoms with Crippen LogP contribution in [0.2, 0.25) is 0 Å². The number of ether oxygens (including phenoxy) is 2. The van der Waals surface area contributed by atoms with E-state index in [4.69, 9.17) is 9.47 Å². The molecule has 0 aliphatic carbocycles. The maximum Gasteiger partial charge on any atom is 0.343 e. The SMILES string of the molecule is COc1c(I)ccc(I)c1C(=O)OC(C)(C)C1CCNCC1. The van der Waals surface area contributed by atoms with Gasteiger partial charge in [-0.25, -0.2) is 4.79 Å². The Morgan fingerprint density at radius 1 is 1.23 bits per heavy atom. The molecule has 4 nitrogen and oxygen atoms in total. The van der Waals surface area contributed by atoms with Crippen molar-refractivity contribution in [2.24, 2.45) is 5.92 Å². The van der Waals surface area contributed by atoms with Gasteiger partial charge in [0.05, 0.1) is 10.7 Å². The fourth-order valence-corrected chi connectivity index (χ4v) is 4.13. The molecular weight excluding hydrogens is 508 g/mol. The lowest BCUT2D eigenvalue weighted by atomic mass is 9.83. The molecule has 1 saturated heterocycles. The predicted octanol–water partition coefficient (Wildman–Crippen LogP) is 3.84. The van der Waals surface area contributed by atoms with Crippen molar-refractivity contribution >= 4 is 51.2 Å². The zero-order valence-electron chi connectivity index (χ0n) is 13.0. The molecule has 1 fully saturated rings. The molecule has 0 bridgehead atoms.